The van der Waals surface area contributed by atoms with Gasteiger partial charge in [0.05, 0.1) is 17.6 Å². The van der Waals surface area contributed by atoms with Crippen LogP contribution in [-0.2, 0) is 14.6 Å². The molecule has 2 heterocycles. The zero-order valence-corrected chi connectivity index (χ0v) is 19.4. The molecule has 1 aliphatic heterocycles. The summed E-state index contributed by atoms with van der Waals surface area (Å²) in [6, 6.07) is 13.6. The molecule has 1 N–H and O–H groups in total. The molecule has 0 radical (unpaired) electrons. The molecule has 1 fully saturated rings. The van der Waals surface area contributed by atoms with Crippen LogP contribution in [0.4, 0.5) is 5.88 Å². The van der Waals surface area contributed by atoms with E-state index in [1.165, 1.54) is 12.1 Å². The van der Waals surface area contributed by atoms with Gasteiger partial charge in [-0.05, 0) is 68.3 Å². The van der Waals surface area contributed by atoms with E-state index in [2.05, 4.69) is 26.2 Å². The molecule has 4 rings (SSSR count). The Morgan fingerprint density at radius 1 is 1.16 bits per heavy atom. The van der Waals surface area contributed by atoms with Gasteiger partial charge in [-0.3, -0.25) is 0 Å². The van der Waals surface area contributed by atoms with Gasteiger partial charge in [0.2, 0.25) is 26.6 Å². The van der Waals surface area contributed by atoms with Crippen molar-refractivity contribution in [2.75, 3.05) is 25.1 Å². The first-order valence-corrected chi connectivity index (χ1v) is 12.3. The third-order valence-electron chi connectivity index (χ3n) is 4.90. The Kier molecular flexibility index (Phi) is 6.64. The summed E-state index contributed by atoms with van der Waals surface area (Å²) in [6.07, 6.45) is 1.92. The summed E-state index contributed by atoms with van der Waals surface area (Å²) in [6.45, 7) is 3.63. The van der Waals surface area contributed by atoms with E-state index in [1.807, 2.05) is 6.92 Å². The van der Waals surface area contributed by atoms with Crippen molar-refractivity contribution in [3.05, 3.63) is 53.0 Å². The van der Waals surface area contributed by atoms with Crippen LogP contribution in [0.5, 0.6) is 5.75 Å². The molecular weight excluding hydrogens is 484 g/mol. The molecule has 7 nitrogen and oxygen atoms in total. The third-order valence-corrected chi connectivity index (χ3v) is 7.11. The molecule has 1 aliphatic rings. The Bertz CT molecular complexity index is 1120. The average Bonchev–Trinajstić information content (AvgIpc) is 3.44. The fourth-order valence-electron chi connectivity index (χ4n) is 3.32. The van der Waals surface area contributed by atoms with E-state index in [-0.39, 0.29) is 27.8 Å². The van der Waals surface area contributed by atoms with Crippen LogP contribution in [0.1, 0.15) is 19.8 Å². The molecule has 2 aromatic carbocycles. The molecule has 31 heavy (non-hydrogen) atoms. The first-order valence-electron chi connectivity index (χ1n) is 10.1. The molecule has 0 spiro atoms. The molecule has 0 bridgehead atoms. The summed E-state index contributed by atoms with van der Waals surface area (Å²) < 4.78 is 44.4. The lowest BCUT2D eigenvalue weighted by molar-refractivity contribution is 0.120. The van der Waals surface area contributed by atoms with E-state index >= 15 is 0 Å². The number of aromatic nitrogens is 1. The molecule has 1 saturated heterocycles. The number of nitrogens with zero attached hydrogens (tertiary/aromatic N) is 1. The lowest BCUT2D eigenvalue weighted by Gasteiger charge is -2.10. The van der Waals surface area contributed by atoms with Crippen molar-refractivity contribution in [3.63, 3.8) is 0 Å². The van der Waals surface area contributed by atoms with Gasteiger partial charge in [-0.15, -0.1) is 0 Å². The maximum absolute atomic E-state index is 13.3. The van der Waals surface area contributed by atoms with Crippen LogP contribution in [0.25, 0.3) is 11.5 Å². The summed E-state index contributed by atoms with van der Waals surface area (Å²) in [5, 5.41) is 2.96. The van der Waals surface area contributed by atoms with Crippen LogP contribution in [0.15, 0.2) is 67.3 Å². The summed E-state index contributed by atoms with van der Waals surface area (Å²) in [5.41, 5.74) is 0.654. The highest BCUT2D eigenvalue weighted by molar-refractivity contribution is 9.10. The molecule has 1 atom stereocenters. The monoisotopic (exact) mass is 506 g/mol. The number of ether oxygens (including phenoxy) is 2. The average molecular weight is 507 g/mol. The van der Waals surface area contributed by atoms with Gasteiger partial charge in [-0.1, -0.05) is 15.9 Å². The van der Waals surface area contributed by atoms with Crippen molar-refractivity contribution in [2.24, 2.45) is 0 Å². The molecule has 164 valence electrons. The largest absolute Gasteiger partial charge is 0.494 e. The Hall–Kier alpha value is -2.36. The first-order chi connectivity index (χ1) is 15.0. The molecule has 1 aromatic heterocycles. The lowest BCUT2D eigenvalue weighted by atomic mass is 10.2. The smallest absolute Gasteiger partial charge is 0.233 e. The minimum Gasteiger partial charge on any atom is -0.494 e. The Balaban J connectivity index is 1.69. The van der Waals surface area contributed by atoms with Gasteiger partial charge in [-0.25, -0.2) is 8.42 Å². The van der Waals surface area contributed by atoms with Crippen molar-refractivity contribution in [1.29, 1.82) is 0 Å². The summed E-state index contributed by atoms with van der Waals surface area (Å²) in [7, 11) is -3.89. The molecule has 0 saturated carbocycles. The van der Waals surface area contributed by atoms with Gasteiger partial charge < -0.3 is 19.2 Å². The van der Waals surface area contributed by atoms with Crippen molar-refractivity contribution in [1.82, 2.24) is 4.98 Å². The Morgan fingerprint density at radius 2 is 1.90 bits per heavy atom. The van der Waals surface area contributed by atoms with Crippen LogP contribution in [0, 0.1) is 0 Å². The zero-order chi connectivity index (χ0) is 21.8. The number of hydrogen-bond donors (Lipinski definition) is 1. The maximum Gasteiger partial charge on any atom is 0.233 e. The van der Waals surface area contributed by atoms with Crippen LogP contribution in [0.3, 0.4) is 0 Å². The number of halogens is 1. The third kappa shape index (κ3) is 4.94. The first kappa shape index (κ1) is 21.9. The summed E-state index contributed by atoms with van der Waals surface area (Å²) in [5.74, 6) is 1.05. The minimum absolute atomic E-state index is 0.0160. The van der Waals surface area contributed by atoms with Gasteiger partial charge >= 0.3 is 0 Å². The van der Waals surface area contributed by atoms with Gasteiger partial charge in [0.1, 0.15) is 5.75 Å². The van der Waals surface area contributed by atoms with Crippen LogP contribution in [-0.4, -0.2) is 39.3 Å². The molecule has 0 aliphatic carbocycles. The van der Waals surface area contributed by atoms with Crippen LogP contribution < -0.4 is 10.1 Å². The number of nitrogens with one attached hydrogen (secondary N) is 1. The van der Waals surface area contributed by atoms with E-state index in [4.69, 9.17) is 13.9 Å². The van der Waals surface area contributed by atoms with Crippen molar-refractivity contribution >= 4 is 31.7 Å². The predicted octanol–water partition coefficient (Wildman–Crippen LogP) is 4.93. The van der Waals surface area contributed by atoms with Crippen molar-refractivity contribution < 1.29 is 22.3 Å². The van der Waals surface area contributed by atoms with E-state index in [0.717, 1.165) is 23.1 Å². The van der Waals surface area contributed by atoms with E-state index in [1.54, 1.807) is 36.4 Å². The lowest BCUT2D eigenvalue weighted by Crippen LogP contribution is -2.19. The summed E-state index contributed by atoms with van der Waals surface area (Å²) in [4.78, 5) is 4.50. The maximum atomic E-state index is 13.3. The van der Waals surface area contributed by atoms with Gasteiger partial charge in [0.15, 0.2) is 0 Å². The molecule has 3 aromatic rings. The second-order valence-corrected chi connectivity index (χ2v) is 9.86. The molecule has 9 heteroatoms. The van der Waals surface area contributed by atoms with Crippen molar-refractivity contribution in [3.8, 4) is 17.2 Å². The SMILES string of the molecule is CCOc1ccc(-c2nc(S(=O)(=O)c3ccc(Br)cc3)c(NCC3CCCO3)o2)cc1. The van der Waals surface area contributed by atoms with Crippen LogP contribution in [0.2, 0.25) is 0 Å². The standard InChI is InChI=1S/C22H23BrN2O5S/c1-2-28-17-9-5-15(6-10-17)20-25-22(21(30-20)24-14-18-4-3-13-29-18)31(26,27)19-11-7-16(23)8-12-19/h5-12,18,24H,2-4,13-14H2,1H3. The quantitative estimate of drug-likeness (QED) is 0.463. The van der Waals surface area contributed by atoms with Crippen molar-refractivity contribution in [2.45, 2.75) is 35.8 Å². The number of anilines is 1. The highest BCUT2D eigenvalue weighted by Gasteiger charge is 2.29. The second-order valence-electron chi connectivity index (χ2n) is 7.08. The highest BCUT2D eigenvalue weighted by Crippen LogP contribution is 2.33. The molecule has 0 amide bonds. The van der Waals surface area contributed by atoms with E-state index in [0.29, 0.717) is 25.3 Å². The van der Waals surface area contributed by atoms with Gasteiger partial charge in [-0.2, -0.15) is 4.98 Å². The molecular formula is C22H23BrN2O5S. The fraction of sp³-hybridized carbons (Fsp3) is 0.318. The summed E-state index contributed by atoms with van der Waals surface area (Å²) >= 11 is 3.33. The zero-order valence-electron chi connectivity index (χ0n) is 17.0. The topological polar surface area (TPSA) is 90.7 Å². The van der Waals surface area contributed by atoms with E-state index < -0.39 is 9.84 Å². The predicted molar refractivity (Wildman–Crippen MR) is 120 cm³/mol. The number of rotatable bonds is 8. The number of hydrogen-bond acceptors (Lipinski definition) is 7. The highest BCUT2D eigenvalue weighted by atomic mass is 79.9. The normalized spacial score (nSPS) is 16.4. The number of sulfone groups is 1. The van der Waals surface area contributed by atoms with Gasteiger partial charge in [0, 0.05) is 23.2 Å². The van der Waals surface area contributed by atoms with Crippen LogP contribution >= 0.6 is 15.9 Å². The van der Waals surface area contributed by atoms with Gasteiger partial charge in [0.25, 0.3) is 0 Å². The number of oxazole rings is 1. The fourth-order valence-corrected chi connectivity index (χ4v) is 4.86. The molecule has 1 unspecified atom stereocenters. The Morgan fingerprint density at radius 3 is 2.55 bits per heavy atom. The van der Waals surface area contributed by atoms with E-state index in [9.17, 15) is 8.42 Å². The minimum atomic E-state index is -3.89. The second kappa shape index (κ2) is 9.42. The Labute approximate surface area is 189 Å². The number of benzene rings is 2.